The summed E-state index contributed by atoms with van der Waals surface area (Å²) >= 11 is 0. The van der Waals surface area contributed by atoms with Gasteiger partial charge in [0, 0.05) is 26.2 Å². The van der Waals surface area contributed by atoms with Gasteiger partial charge in [-0.05, 0) is 18.6 Å². The van der Waals surface area contributed by atoms with Crippen molar-refractivity contribution in [3.63, 3.8) is 0 Å². The molecule has 0 atom stereocenters. The molecule has 0 unspecified atom stereocenters. The van der Waals surface area contributed by atoms with Crippen molar-refractivity contribution in [3.8, 4) is 0 Å². The molecule has 2 bridgehead atoms. The van der Waals surface area contributed by atoms with Gasteiger partial charge in [-0.2, -0.15) is 0 Å². The van der Waals surface area contributed by atoms with Crippen LogP contribution in [-0.4, -0.2) is 44.5 Å². The highest BCUT2D eigenvalue weighted by Gasteiger charge is 1.99. The highest BCUT2D eigenvalue weighted by atomic mass is 16.5. The molecule has 1 aromatic rings. The zero-order chi connectivity index (χ0) is 12.5. The van der Waals surface area contributed by atoms with Crippen molar-refractivity contribution in [3.05, 3.63) is 23.9 Å². The summed E-state index contributed by atoms with van der Waals surface area (Å²) in [6.45, 7) is 5.29. The lowest BCUT2D eigenvalue weighted by Crippen LogP contribution is -2.20. The Morgan fingerprint density at radius 1 is 1.00 bits per heavy atom. The summed E-state index contributed by atoms with van der Waals surface area (Å²) in [5.41, 5.74) is 1.05. The summed E-state index contributed by atoms with van der Waals surface area (Å²) < 4.78 is 10.9. The van der Waals surface area contributed by atoms with E-state index >= 15 is 0 Å². The van der Waals surface area contributed by atoms with Crippen LogP contribution in [0.15, 0.2) is 18.2 Å². The summed E-state index contributed by atoms with van der Waals surface area (Å²) in [4.78, 5) is 4.53. The van der Waals surface area contributed by atoms with E-state index in [4.69, 9.17) is 9.47 Å². The molecular formula is C13H21N3O2. The molecule has 0 spiro atoms. The molecule has 100 valence electrons. The molecule has 5 heteroatoms. The number of nitrogens with zero attached hydrogens (tertiary/aromatic N) is 1. The van der Waals surface area contributed by atoms with Crippen LogP contribution in [0.25, 0.3) is 0 Å². The zero-order valence-corrected chi connectivity index (χ0v) is 10.7. The Morgan fingerprint density at radius 2 is 1.89 bits per heavy atom. The smallest absolute Gasteiger partial charge is 0.126 e. The van der Waals surface area contributed by atoms with Gasteiger partial charge in [-0.1, -0.05) is 6.07 Å². The van der Waals surface area contributed by atoms with Crippen LogP contribution in [0.3, 0.4) is 0 Å². The minimum Gasteiger partial charge on any atom is -0.379 e. The van der Waals surface area contributed by atoms with Crippen molar-refractivity contribution >= 4 is 5.82 Å². The first-order valence-corrected chi connectivity index (χ1v) is 6.51. The van der Waals surface area contributed by atoms with Crippen molar-refractivity contribution in [2.45, 2.75) is 13.0 Å². The first-order chi connectivity index (χ1) is 8.95. The van der Waals surface area contributed by atoms with E-state index in [0.29, 0.717) is 19.8 Å². The third kappa shape index (κ3) is 5.00. The van der Waals surface area contributed by atoms with E-state index in [2.05, 4.69) is 15.6 Å². The summed E-state index contributed by atoms with van der Waals surface area (Å²) in [5, 5.41) is 6.61. The molecule has 5 nitrogen and oxygen atoms in total. The first kappa shape index (κ1) is 13.3. The van der Waals surface area contributed by atoms with Gasteiger partial charge in [-0.3, -0.25) is 0 Å². The Labute approximate surface area is 108 Å². The van der Waals surface area contributed by atoms with Crippen LogP contribution in [0.5, 0.6) is 0 Å². The van der Waals surface area contributed by atoms with E-state index in [1.165, 1.54) is 0 Å². The molecule has 0 aliphatic carbocycles. The van der Waals surface area contributed by atoms with Crippen molar-refractivity contribution < 1.29 is 9.47 Å². The number of pyridine rings is 1. The Hall–Kier alpha value is -1.17. The lowest BCUT2D eigenvalue weighted by Gasteiger charge is -2.07. The van der Waals surface area contributed by atoms with E-state index < -0.39 is 0 Å². The van der Waals surface area contributed by atoms with Gasteiger partial charge < -0.3 is 20.1 Å². The van der Waals surface area contributed by atoms with Crippen LogP contribution < -0.4 is 10.6 Å². The maximum absolute atomic E-state index is 5.46. The molecule has 0 aromatic carbocycles. The highest BCUT2D eigenvalue weighted by molar-refractivity contribution is 5.35. The van der Waals surface area contributed by atoms with Crippen molar-refractivity contribution in [2.24, 2.45) is 0 Å². The lowest BCUT2D eigenvalue weighted by molar-refractivity contribution is 0.0487. The summed E-state index contributed by atoms with van der Waals surface area (Å²) in [5.74, 6) is 0.931. The van der Waals surface area contributed by atoms with Crippen LogP contribution in [0, 0.1) is 0 Å². The monoisotopic (exact) mass is 251 g/mol. The second kappa shape index (κ2) is 8.02. The van der Waals surface area contributed by atoms with Gasteiger partial charge in [0.25, 0.3) is 0 Å². The summed E-state index contributed by atoms with van der Waals surface area (Å²) in [6, 6.07) is 6.04. The second-order valence-electron chi connectivity index (χ2n) is 4.20. The summed E-state index contributed by atoms with van der Waals surface area (Å²) in [7, 11) is 0. The molecule has 2 heterocycles. The van der Waals surface area contributed by atoms with E-state index in [-0.39, 0.29) is 0 Å². The number of fused-ring (bicyclic) bond motifs is 2. The minimum atomic E-state index is 0.668. The predicted octanol–water partition coefficient (Wildman–Crippen LogP) is 1.02. The van der Waals surface area contributed by atoms with Crippen LogP contribution in [0.2, 0.25) is 0 Å². The van der Waals surface area contributed by atoms with Gasteiger partial charge >= 0.3 is 0 Å². The maximum Gasteiger partial charge on any atom is 0.126 e. The van der Waals surface area contributed by atoms with Crippen molar-refractivity contribution in [2.75, 3.05) is 44.8 Å². The highest BCUT2D eigenvalue weighted by Crippen LogP contribution is 2.04. The van der Waals surface area contributed by atoms with Crippen LogP contribution in [0.4, 0.5) is 5.82 Å². The van der Waals surface area contributed by atoms with Crippen LogP contribution >= 0.6 is 0 Å². The number of rotatable bonds is 0. The average Bonchev–Trinajstić information content (AvgIpc) is 2.40. The van der Waals surface area contributed by atoms with Gasteiger partial charge in [0.05, 0.1) is 25.5 Å². The fourth-order valence-electron chi connectivity index (χ4n) is 1.75. The van der Waals surface area contributed by atoms with Gasteiger partial charge in [0.2, 0.25) is 0 Å². The number of anilines is 1. The minimum absolute atomic E-state index is 0.668. The van der Waals surface area contributed by atoms with Crippen molar-refractivity contribution in [1.82, 2.24) is 10.3 Å². The van der Waals surface area contributed by atoms with Gasteiger partial charge in [-0.15, -0.1) is 0 Å². The zero-order valence-electron chi connectivity index (χ0n) is 10.7. The number of aromatic nitrogens is 1. The van der Waals surface area contributed by atoms with E-state index in [1.807, 2.05) is 18.2 Å². The molecule has 1 aromatic heterocycles. The Kier molecular flexibility index (Phi) is 5.91. The molecule has 18 heavy (non-hydrogen) atoms. The van der Waals surface area contributed by atoms with E-state index in [1.54, 1.807) is 0 Å². The molecule has 2 rings (SSSR count). The molecule has 0 amide bonds. The normalized spacial score (nSPS) is 19.3. The molecule has 0 fully saturated rings. The molecule has 1 aliphatic rings. The number of nitrogens with one attached hydrogen (secondary N) is 2. The van der Waals surface area contributed by atoms with E-state index in [9.17, 15) is 0 Å². The molecule has 2 N–H and O–H groups in total. The predicted molar refractivity (Wildman–Crippen MR) is 70.7 cm³/mol. The molecular weight excluding hydrogens is 230 g/mol. The SMILES string of the molecule is c1cc2nc(c1)NCCCOCCOCCNC2. The largest absolute Gasteiger partial charge is 0.379 e. The Balaban J connectivity index is 1.87. The number of ether oxygens (including phenoxy) is 2. The molecule has 0 saturated heterocycles. The van der Waals surface area contributed by atoms with Crippen LogP contribution in [0.1, 0.15) is 12.1 Å². The standard InChI is InChI=1S/C13H21N3O2/c1-3-12-11-14-6-8-18-10-9-17-7-2-5-15-13(4-1)16-12/h1,3-4,14H,2,5-11H2,(H,15,16). The Bertz CT molecular complexity index is 318. The number of hydrogen-bond donors (Lipinski definition) is 2. The van der Waals surface area contributed by atoms with Gasteiger partial charge in [-0.25, -0.2) is 4.98 Å². The Morgan fingerprint density at radius 3 is 2.83 bits per heavy atom. The lowest BCUT2D eigenvalue weighted by atomic mass is 10.3. The van der Waals surface area contributed by atoms with Crippen LogP contribution in [-0.2, 0) is 16.0 Å². The molecule has 1 aliphatic heterocycles. The van der Waals surface area contributed by atoms with E-state index in [0.717, 1.165) is 44.2 Å². The van der Waals surface area contributed by atoms with Gasteiger partial charge in [0.15, 0.2) is 0 Å². The maximum atomic E-state index is 5.46. The third-order valence-electron chi connectivity index (χ3n) is 2.68. The molecule has 0 radical (unpaired) electrons. The topological polar surface area (TPSA) is 55.4 Å². The second-order valence-corrected chi connectivity index (χ2v) is 4.20. The molecule has 0 saturated carbocycles. The fourth-order valence-corrected chi connectivity index (χ4v) is 1.75. The average molecular weight is 251 g/mol. The first-order valence-electron chi connectivity index (χ1n) is 6.51. The quantitative estimate of drug-likeness (QED) is 0.721. The summed E-state index contributed by atoms with van der Waals surface area (Å²) in [6.07, 6.45) is 0.976. The van der Waals surface area contributed by atoms with Gasteiger partial charge in [0.1, 0.15) is 5.82 Å². The third-order valence-corrected chi connectivity index (χ3v) is 2.68. The number of hydrogen-bond acceptors (Lipinski definition) is 5. The fraction of sp³-hybridized carbons (Fsp3) is 0.615. The van der Waals surface area contributed by atoms with Crippen molar-refractivity contribution in [1.29, 1.82) is 0 Å².